The Morgan fingerprint density at radius 2 is 1.10 bits per heavy atom. The molecule has 0 bridgehead atoms. The second kappa shape index (κ2) is 12.1. The van der Waals surface area contributed by atoms with E-state index in [1.165, 1.54) is 5.56 Å². The monoisotopic (exact) mass is 413 g/mol. The SMILES string of the molecule is CC(C)(C)OC(=O)CCc1ccccc1.CC(C)(C)OC(=O)CCc1ccncc1. The fraction of sp³-hybridized carbons (Fsp3) is 0.480. The lowest BCUT2D eigenvalue weighted by Crippen LogP contribution is -2.24. The van der Waals surface area contributed by atoms with Crippen LogP contribution < -0.4 is 0 Å². The number of rotatable bonds is 6. The average molecular weight is 414 g/mol. The van der Waals surface area contributed by atoms with Gasteiger partial charge in [-0.05, 0) is 77.6 Å². The molecule has 5 heteroatoms. The molecule has 0 amide bonds. The van der Waals surface area contributed by atoms with Gasteiger partial charge >= 0.3 is 11.9 Å². The fourth-order valence-corrected chi connectivity index (χ4v) is 2.47. The summed E-state index contributed by atoms with van der Waals surface area (Å²) >= 11 is 0. The summed E-state index contributed by atoms with van der Waals surface area (Å²) in [6.45, 7) is 11.3. The standard InChI is InChI=1S/C13H18O2.C12H17NO2/c1-13(2,3)15-12(14)10-9-11-7-5-4-6-8-11;1-12(2,3)15-11(14)5-4-10-6-8-13-9-7-10/h4-8H,9-10H2,1-3H3;6-9H,4-5H2,1-3H3. The number of esters is 2. The molecule has 0 saturated carbocycles. The third-order valence-electron chi connectivity index (χ3n) is 3.67. The number of hydrogen-bond donors (Lipinski definition) is 0. The lowest BCUT2D eigenvalue weighted by Gasteiger charge is -2.19. The topological polar surface area (TPSA) is 65.5 Å². The van der Waals surface area contributed by atoms with Crippen LogP contribution in [0, 0.1) is 0 Å². The van der Waals surface area contributed by atoms with Gasteiger partial charge in [-0.1, -0.05) is 30.3 Å². The van der Waals surface area contributed by atoms with Crippen LogP contribution >= 0.6 is 0 Å². The Kier molecular flexibility index (Phi) is 10.2. The highest BCUT2D eigenvalue weighted by molar-refractivity contribution is 5.70. The first-order chi connectivity index (χ1) is 13.9. The summed E-state index contributed by atoms with van der Waals surface area (Å²) < 4.78 is 10.4. The lowest BCUT2D eigenvalue weighted by molar-refractivity contribution is -0.155. The number of benzene rings is 1. The molecular weight excluding hydrogens is 378 g/mol. The van der Waals surface area contributed by atoms with Crippen LogP contribution in [0.25, 0.3) is 0 Å². The first-order valence-corrected chi connectivity index (χ1v) is 10.3. The van der Waals surface area contributed by atoms with Gasteiger partial charge in [-0.25, -0.2) is 0 Å². The number of pyridine rings is 1. The Bertz CT molecular complexity index is 692. The van der Waals surface area contributed by atoms with E-state index < -0.39 is 5.60 Å². The van der Waals surface area contributed by atoms with Crippen molar-refractivity contribution in [2.45, 2.75) is 78.4 Å². The number of aryl methyl sites for hydroxylation is 2. The molecule has 1 aromatic heterocycles. The van der Waals surface area contributed by atoms with Crippen LogP contribution in [0.3, 0.4) is 0 Å². The van der Waals surface area contributed by atoms with E-state index in [0.717, 1.165) is 12.0 Å². The minimum atomic E-state index is -0.394. The van der Waals surface area contributed by atoms with Crippen molar-refractivity contribution in [1.82, 2.24) is 4.98 Å². The zero-order valence-corrected chi connectivity index (χ0v) is 19.1. The molecule has 1 heterocycles. The number of carbonyl (C=O) groups is 2. The number of ether oxygens (including phenoxy) is 2. The van der Waals surface area contributed by atoms with E-state index in [-0.39, 0.29) is 17.5 Å². The summed E-state index contributed by atoms with van der Waals surface area (Å²) in [7, 11) is 0. The molecule has 0 atom stereocenters. The largest absolute Gasteiger partial charge is 0.460 e. The van der Waals surface area contributed by atoms with Crippen molar-refractivity contribution in [2.75, 3.05) is 0 Å². The van der Waals surface area contributed by atoms with Crippen molar-refractivity contribution in [2.24, 2.45) is 0 Å². The minimum Gasteiger partial charge on any atom is -0.460 e. The quantitative estimate of drug-likeness (QED) is 0.600. The van der Waals surface area contributed by atoms with E-state index in [1.54, 1.807) is 12.4 Å². The molecule has 0 aliphatic heterocycles. The van der Waals surface area contributed by atoms with Crippen LogP contribution in [0.4, 0.5) is 0 Å². The highest BCUT2D eigenvalue weighted by Gasteiger charge is 2.16. The van der Waals surface area contributed by atoms with Crippen LogP contribution in [0.5, 0.6) is 0 Å². The summed E-state index contributed by atoms with van der Waals surface area (Å²) in [6, 6.07) is 13.8. The Balaban J connectivity index is 0.000000300. The van der Waals surface area contributed by atoms with Gasteiger partial charge in [-0.15, -0.1) is 0 Å². The van der Waals surface area contributed by atoms with Crippen LogP contribution in [0.15, 0.2) is 54.9 Å². The molecule has 0 N–H and O–H groups in total. The first-order valence-electron chi connectivity index (χ1n) is 10.3. The van der Waals surface area contributed by atoms with Crippen LogP contribution in [0.1, 0.15) is 65.5 Å². The molecule has 0 aliphatic carbocycles. The third-order valence-corrected chi connectivity index (χ3v) is 3.67. The van der Waals surface area contributed by atoms with E-state index in [1.807, 2.05) is 84.0 Å². The summed E-state index contributed by atoms with van der Waals surface area (Å²) in [5, 5.41) is 0. The average Bonchev–Trinajstić information content (AvgIpc) is 2.64. The summed E-state index contributed by atoms with van der Waals surface area (Å²) in [4.78, 5) is 26.7. The Hall–Kier alpha value is -2.69. The maximum atomic E-state index is 11.4. The molecule has 0 fully saturated rings. The second-order valence-electron chi connectivity index (χ2n) is 9.01. The number of carbonyl (C=O) groups excluding carboxylic acids is 2. The Morgan fingerprint density at radius 3 is 1.50 bits per heavy atom. The number of hydrogen-bond acceptors (Lipinski definition) is 5. The van der Waals surface area contributed by atoms with Crippen molar-refractivity contribution >= 4 is 11.9 Å². The van der Waals surface area contributed by atoms with Crippen molar-refractivity contribution in [3.63, 3.8) is 0 Å². The molecule has 1 aromatic carbocycles. The van der Waals surface area contributed by atoms with Gasteiger partial charge in [-0.2, -0.15) is 0 Å². The van der Waals surface area contributed by atoms with Crippen molar-refractivity contribution in [3.05, 3.63) is 66.0 Å². The normalized spacial score (nSPS) is 11.1. The van der Waals surface area contributed by atoms with E-state index in [0.29, 0.717) is 19.3 Å². The van der Waals surface area contributed by atoms with Gasteiger partial charge in [0.25, 0.3) is 0 Å². The van der Waals surface area contributed by atoms with Crippen LogP contribution in [-0.4, -0.2) is 28.1 Å². The molecule has 2 rings (SSSR count). The smallest absolute Gasteiger partial charge is 0.306 e. The highest BCUT2D eigenvalue weighted by Crippen LogP contribution is 2.11. The van der Waals surface area contributed by atoms with Gasteiger partial charge in [0.05, 0.1) is 0 Å². The Labute approximate surface area is 180 Å². The molecule has 0 saturated heterocycles. The molecular formula is C25H35NO4. The summed E-state index contributed by atoms with van der Waals surface area (Å²) in [6.07, 6.45) is 5.77. The molecule has 30 heavy (non-hydrogen) atoms. The zero-order valence-electron chi connectivity index (χ0n) is 19.1. The fourth-order valence-electron chi connectivity index (χ4n) is 2.47. The van der Waals surface area contributed by atoms with E-state index >= 15 is 0 Å². The predicted molar refractivity (Wildman–Crippen MR) is 119 cm³/mol. The van der Waals surface area contributed by atoms with E-state index in [4.69, 9.17) is 9.47 Å². The molecule has 0 aliphatic rings. The van der Waals surface area contributed by atoms with Crippen molar-refractivity contribution < 1.29 is 19.1 Å². The number of aromatic nitrogens is 1. The van der Waals surface area contributed by atoms with E-state index in [9.17, 15) is 9.59 Å². The van der Waals surface area contributed by atoms with Gasteiger partial charge in [0, 0.05) is 25.2 Å². The predicted octanol–water partition coefficient (Wildman–Crippen LogP) is 5.32. The van der Waals surface area contributed by atoms with E-state index in [2.05, 4.69) is 4.98 Å². The van der Waals surface area contributed by atoms with Gasteiger partial charge in [0.1, 0.15) is 11.2 Å². The molecule has 2 aromatic rings. The van der Waals surface area contributed by atoms with Gasteiger partial charge < -0.3 is 9.47 Å². The zero-order chi connectivity index (χ0) is 22.6. The van der Waals surface area contributed by atoms with Crippen molar-refractivity contribution in [1.29, 1.82) is 0 Å². The number of nitrogens with zero attached hydrogens (tertiary/aromatic N) is 1. The van der Waals surface area contributed by atoms with Gasteiger partial charge in [0.2, 0.25) is 0 Å². The Morgan fingerprint density at radius 1 is 0.700 bits per heavy atom. The first kappa shape index (κ1) is 25.3. The molecule has 0 spiro atoms. The molecule has 0 radical (unpaired) electrons. The molecule has 164 valence electrons. The summed E-state index contributed by atoms with van der Waals surface area (Å²) in [5.41, 5.74) is 1.50. The minimum absolute atomic E-state index is 0.133. The third kappa shape index (κ3) is 13.5. The maximum Gasteiger partial charge on any atom is 0.306 e. The van der Waals surface area contributed by atoms with Gasteiger partial charge in [0.15, 0.2) is 0 Å². The van der Waals surface area contributed by atoms with Gasteiger partial charge in [-0.3, -0.25) is 14.6 Å². The van der Waals surface area contributed by atoms with Crippen molar-refractivity contribution in [3.8, 4) is 0 Å². The van der Waals surface area contributed by atoms with Crippen LogP contribution in [0.2, 0.25) is 0 Å². The highest BCUT2D eigenvalue weighted by atomic mass is 16.6. The molecule has 0 unspecified atom stereocenters. The van der Waals surface area contributed by atoms with Crippen LogP contribution in [-0.2, 0) is 31.9 Å². The molecule has 5 nitrogen and oxygen atoms in total. The lowest BCUT2D eigenvalue weighted by atomic mass is 10.1. The second-order valence-corrected chi connectivity index (χ2v) is 9.01. The summed E-state index contributed by atoms with van der Waals surface area (Å²) in [5.74, 6) is -0.286. The maximum absolute atomic E-state index is 11.4.